The average Bonchev–Trinajstić information content (AvgIpc) is 2.35. The van der Waals surface area contributed by atoms with Gasteiger partial charge in [0.05, 0.1) is 25.0 Å². The van der Waals surface area contributed by atoms with Gasteiger partial charge in [-0.3, -0.25) is 4.79 Å². The molecule has 6 nitrogen and oxygen atoms in total. The molecule has 0 amide bonds. The molecular formula is C13H19NO5S. The van der Waals surface area contributed by atoms with Crippen LogP contribution in [0.5, 0.6) is 5.75 Å². The van der Waals surface area contributed by atoms with Crippen LogP contribution in [0.3, 0.4) is 0 Å². The fourth-order valence-electron chi connectivity index (χ4n) is 1.54. The van der Waals surface area contributed by atoms with Gasteiger partial charge in [-0.1, -0.05) is 13.8 Å². The van der Waals surface area contributed by atoms with Gasteiger partial charge in [0.1, 0.15) is 5.75 Å². The van der Waals surface area contributed by atoms with Crippen molar-refractivity contribution in [2.24, 2.45) is 11.1 Å². The van der Waals surface area contributed by atoms with E-state index in [9.17, 15) is 13.2 Å². The molecule has 112 valence electrons. The quantitative estimate of drug-likeness (QED) is 0.793. The number of ether oxygens (including phenoxy) is 2. The molecule has 0 saturated carbocycles. The van der Waals surface area contributed by atoms with E-state index in [1.165, 1.54) is 25.3 Å². The van der Waals surface area contributed by atoms with E-state index in [1.54, 1.807) is 0 Å². The van der Waals surface area contributed by atoms with Gasteiger partial charge >= 0.3 is 5.97 Å². The minimum absolute atomic E-state index is 0.0649. The molecule has 0 heterocycles. The van der Waals surface area contributed by atoms with Crippen LogP contribution in [0.25, 0.3) is 0 Å². The molecule has 2 N–H and O–H groups in total. The number of sulfonamides is 1. The summed E-state index contributed by atoms with van der Waals surface area (Å²) >= 11 is 0. The summed E-state index contributed by atoms with van der Waals surface area (Å²) in [7, 11) is -2.38. The molecule has 20 heavy (non-hydrogen) atoms. The molecule has 0 aromatic heterocycles. The summed E-state index contributed by atoms with van der Waals surface area (Å²) in [6.45, 7) is 4.17. The van der Waals surface area contributed by atoms with Gasteiger partial charge in [-0.15, -0.1) is 0 Å². The van der Waals surface area contributed by atoms with Crippen molar-refractivity contribution in [1.82, 2.24) is 0 Å². The van der Waals surface area contributed by atoms with Crippen molar-refractivity contribution < 1.29 is 22.7 Å². The van der Waals surface area contributed by atoms with Gasteiger partial charge in [0.15, 0.2) is 0 Å². The lowest BCUT2D eigenvalue weighted by Gasteiger charge is -2.11. The number of hydrogen-bond donors (Lipinski definition) is 1. The van der Waals surface area contributed by atoms with Crippen LogP contribution in [-0.2, 0) is 26.0 Å². The Hall–Kier alpha value is -1.60. The van der Waals surface area contributed by atoms with Gasteiger partial charge < -0.3 is 9.47 Å². The summed E-state index contributed by atoms with van der Waals surface area (Å²) in [5.74, 6) is 0.207. The third kappa shape index (κ3) is 4.82. The van der Waals surface area contributed by atoms with Crippen LogP contribution < -0.4 is 9.88 Å². The van der Waals surface area contributed by atoms with Crippen molar-refractivity contribution in [3.63, 3.8) is 0 Å². The second kappa shape index (κ2) is 6.71. The zero-order valence-corrected chi connectivity index (χ0v) is 12.6. The molecule has 0 saturated heterocycles. The maximum absolute atomic E-state index is 11.7. The Balaban J connectivity index is 2.95. The van der Waals surface area contributed by atoms with Crippen LogP contribution >= 0.6 is 0 Å². The predicted molar refractivity (Wildman–Crippen MR) is 73.9 cm³/mol. The third-order valence-corrected chi connectivity index (χ3v) is 3.40. The van der Waals surface area contributed by atoms with E-state index in [4.69, 9.17) is 14.6 Å². The third-order valence-electron chi connectivity index (χ3n) is 2.49. The topological polar surface area (TPSA) is 95.7 Å². The Morgan fingerprint density at radius 3 is 2.50 bits per heavy atom. The first-order chi connectivity index (χ1) is 9.24. The number of carbonyl (C=O) groups is 1. The molecular weight excluding hydrogens is 282 g/mol. The van der Waals surface area contributed by atoms with Crippen molar-refractivity contribution in [3.8, 4) is 5.75 Å². The lowest BCUT2D eigenvalue weighted by Crippen LogP contribution is -2.15. The minimum atomic E-state index is -3.82. The molecule has 1 rings (SSSR count). The molecule has 0 spiro atoms. The van der Waals surface area contributed by atoms with Crippen molar-refractivity contribution in [2.45, 2.75) is 25.2 Å². The summed E-state index contributed by atoms with van der Waals surface area (Å²) < 4.78 is 32.8. The summed E-state index contributed by atoms with van der Waals surface area (Å²) in [6, 6.07) is 4.12. The smallest absolute Gasteiger partial charge is 0.310 e. The van der Waals surface area contributed by atoms with Crippen LogP contribution in [0.1, 0.15) is 19.4 Å². The number of nitrogens with two attached hydrogens (primary N) is 1. The summed E-state index contributed by atoms with van der Waals surface area (Å²) in [5, 5.41) is 5.06. The fourth-order valence-corrected chi connectivity index (χ4v) is 2.10. The Kier molecular flexibility index (Phi) is 5.52. The molecule has 7 heteroatoms. The van der Waals surface area contributed by atoms with Gasteiger partial charge in [-0.25, -0.2) is 13.6 Å². The molecule has 0 fully saturated rings. The first-order valence-corrected chi connectivity index (χ1v) is 7.64. The number of esters is 1. The number of primary sulfonamides is 1. The van der Waals surface area contributed by atoms with Gasteiger partial charge in [0, 0.05) is 5.56 Å². The van der Waals surface area contributed by atoms with Crippen LogP contribution in [0.4, 0.5) is 0 Å². The Morgan fingerprint density at radius 1 is 1.35 bits per heavy atom. The number of benzene rings is 1. The maximum atomic E-state index is 11.7. The maximum Gasteiger partial charge on any atom is 0.310 e. The summed E-state index contributed by atoms with van der Waals surface area (Å²) in [4.78, 5) is 11.6. The standard InChI is InChI=1S/C13H19NO5S/c1-9(2)8-19-13(15)7-10-6-11(20(14,16)17)4-5-12(10)18-3/h4-6,9H,7-8H2,1-3H3,(H2,14,16,17). The van der Waals surface area contributed by atoms with Crippen LogP contribution in [0.2, 0.25) is 0 Å². The van der Waals surface area contributed by atoms with E-state index in [-0.39, 0.29) is 17.2 Å². The van der Waals surface area contributed by atoms with Crippen LogP contribution in [0.15, 0.2) is 23.1 Å². The average molecular weight is 301 g/mol. The van der Waals surface area contributed by atoms with Crippen molar-refractivity contribution >= 4 is 16.0 Å². The summed E-state index contributed by atoms with van der Waals surface area (Å²) in [5.41, 5.74) is 0.424. The highest BCUT2D eigenvalue weighted by molar-refractivity contribution is 7.89. The van der Waals surface area contributed by atoms with E-state index in [0.717, 1.165) is 0 Å². The zero-order chi connectivity index (χ0) is 15.3. The lowest BCUT2D eigenvalue weighted by molar-refractivity contribution is -0.143. The van der Waals surface area contributed by atoms with E-state index in [2.05, 4.69) is 0 Å². The van der Waals surface area contributed by atoms with Gasteiger partial charge in [0.2, 0.25) is 10.0 Å². The predicted octanol–water partition coefficient (Wildman–Crippen LogP) is 1.08. The van der Waals surface area contributed by atoms with E-state index in [0.29, 0.717) is 17.9 Å². The van der Waals surface area contributed by atoms with E-state index in [1.807, 2.05) is 13.8 Å². The number of methoxy groups -OCH3 is 1. The van der Waals surface area contributed by atoms with Crippen molar-refractivity contribution in [1.29, 1.82) is 0 Å². The van der Waals surface area contributed by atoms with Crippen LogP contribution in [0, 0.1) is 5.92 Å². The van der Waals surface area contributed by atoms with E-state index >= 15 is 0 Å². The molecule has 0 aliphatic carbocycles. The zero-order valence-electron chi connectivity index (χ0n) is 11.8. The van der Waals surface area contributed by atoms with Crippen molar-refractivity contribution in [2.75, 3.05) is 13.7 Å². The molecule has 0 aliphatic rings. The number of rotatable bonds is 6. The normalized spacial score (nSPS) is 11.4. The SMILES string of the molecule is COc1ccc(S(N)(=O)=O)cc1CC(=O)OCC(C)C. The first kappa shape index (κ1) is 16.5. The summed E-state index contributed by atoms with van der Waals surface area (Å²) in [6.07, 6.45) is -0.0702. The van der Waals surface area contributed by atoms with Crippen molar-refractivity contribution in [3.05, 3.63) is 23.8 Å². The molecule has 1 aromatic rings. The van der Waals surface area contributed by atoms with Crippen LogP contribution in [-0.4, -0.2) is 28.1 Å². The molecule has 0 radical (unpaired) electrons. The monoisotopic (exact) mass is 301 g/mol. The Bertz CT molecular complexity index is 580. The van der Waals surface area contributed by atoms with Gasteiger partial charge in [0.25, 0.3) is 0 Å². The highest BCUT2D eigenvalue weighted by Crippen LogP contribution is 2.22. The molecule has 0 atom stereocenters. The highest BCUT2D eigenvalue weighted by atomic mass is 32.2. The van der Waals surface area contributed by atoms with Gasteiger partial charge in [-0.2, -0.15) is 0 Å². The van der Waals surface area contributed by atoms with Gasteiger partial charge in [-0.05, 0) is 24.1 Å². The Labute approximate surface area is 118 Å². The lowest BCUT2D eigenvalue weighted by atomic mass is 10.1. The minimum Gasteiger partial charge on any atom is -0.496 e. The molecule has 0 aliphatic heterocycles. The number of carbonyl (C=O) groups excluding carboxylic acids is 1. The first-order valence-electron chi connectivity index (χ1n) is 6.09. The Morgan fingerprint density at radius 2 is 2.00 bits per heavy atom. The molecule has 1 aromatic carbocycles. The number of hydrogen-bond acceptors (Lipinski definition) is 5. The fraction of sp³-hybridized carbons (Fsp3) is 0.462. The largest absolute Gasteiger partial charge is 0.496 e. The van der Waals surface area contributed by atoms with E-state index < -0.39 is 16.0 Å². The molecule has 0 bridgehead atoms. The molecule has 0 unspecified atom stereocenters. The second-order valence-electron chi connectivity index (χ2n) is 4.77. The highest BCUT2D eigenvalue weighted by Gasteiger charge is 2.15. The second-order valence-corrected chi connectivity index (χ2v) is 6.33.